The molecule has 1 fully saturated rings. The van der Waals surface area contributed by atoms with Gasteiger partial charge in [0, 0.05) is 24.8 Å². The zero-order valence-electron chi connectivity index (χ0n) is 21.1. The van der Waals surface area contributed by atoms with E-state index >= 15 is 0 Å². The number of rotatable bonds is 10. The van der Waals surface area contributed by atoms with Gasteiger partial charge in [0.15, 0.2) is 6.10 Å². The summed E-state index contributed by atoms with van der Waals surface area (Å²) in [5.41, 5.74) is 1.85. The van der Waals surface area contributed by atoms with Crippen LogP contribution in [0.5, 0.6) is 5.75 Å². The topological polar surface area (TPSA) is 108 Å². The molecule has 0 aromatic heterocycles. The molecule has 8 nitrogen and oxygen atoms in total. The second-order valence-corrected chi connectivity index (χ2v) is 10.0. The zero-order chi connectivity index (χ0) is 27.1. The number of ether oxygens (including phenoxy) is 4. The van der Waals surface area contributed by atoms with E-state index in [4.69, 9.17) is 30.5 Å². The molecule has 1 aliphatic heterocycles. The van der Waals surface area contributed by atoms with E-state index in [1.807, 2.05) is 37.3 Å². The van der Waals surface area contributed by atoms with Gasteiger partial charge in [-0.15, -0.1) is 11.8 Å². The van der Waals surface area contributed by atoms with Gasteiger partial charge < -0.3 is 24.1 Å². The highest BCUT2D eigenvalue weighted by Crippen LogP contribution is 2.44. The van der Waals surface area contributed by atoms with Crippen LogP contribution in [0.25, 0.3) is 0 Å². The number of benzene rings is 2. The van der Waals surface area contributed by atoms with Crippen molar-refractivity contribution in [1.82, 2.24) is 0 Å². The van der Waals surface area contributed by atoms with E-state index in [2.05, 4.69) is 0 Å². The van der Waals surface area contributed by atoms with Crippen LogP contribution >= 0.6 is 23.4 Å². The van der Waals surface area contributed by atoms with E-state index in [0.717, 1.165) is 16.9 Å². The molecule has 0 amide bonds. The molecule has 0 unspecified atom stereocenters. The first-order chi connectivity index (χ1) is 17.6. The monoisotopic (exact) mass is 550 g/mol. The fourth-order valence-electron chi connectivity index (χ4n) is 4.49. The quantitative estimate of drug-likeness (QED) is 0.407. The molecule has 3 rings (SSSR count). The van der Waals surface area contributed by atoms with Gasteiger partial charge in [-0.25, -0.2) is 0 Å². The number of hydrogen-bond donors (Lipinski definition) is 1. The second kappa shape index (κ2) is 13.2. The van der Waals surface area contributed by atoms with Gasteiger partial charge in [-0.1, -0.05) is 35.9 Å². The lowest BCUT2D eigenvalue weighted by Crippen LogP contribution is -2.54. The molecule has 1 heterocycles. The Morgan fingerprint density at radius 1 is 1.03 bits per heavy atom. The smallest absolute Gasteiger partial charge is 0.303 e. The first kappa shape index (κ1) is 28.8. The molecule has 1 saturated heterocycles. The van der Waals surface area contributed by atoms with E-state index < -0.39 is 47.6 Å². The summed E-state index contributed by atoms with van der Waals surface area (Å²) in [4.78, 5) is 35.7. The van der Waals surface area contributed by atoms with E-state index in [9.17, 15) is 19.5 Å². The summed E-state index contributed by atoms with van der Waals surface area (Å²) >= 11 is 7.82. The zero-order valence-corrected chi connectivity index (χ0v) is 22.7. The maximum absolute atomic E-state index is 12.0. The minimum atomic E-state index is -1.09. The van der Waals surface area contributed by atoms with Crippen molar-refractivity contribution in [3.8, 4) is 5.75 Å². The van der Waals surface area contributed by atoms with Gasteiger partial charge in [0.25, 0.3) is 0 Å². The Labute approximate surface area is 225 Å². The fraction of sp³-hybridized carbons (Fsp3) is 0.444. The van der Waals surface area contributed by atoms with Crippen molar-refractivity contribution in [1.29, 1.82) is 0 Å². The van der Waals surface area contributed by atoms with Crippen LogP contribution in [0, 0.1) is 5.92 Å². The maximum Gasteiger partial charge on any atom is 0.303 e. The third-order valence-corrected chi connectivity index (χ3v) is 7.17. The third kappa shape index (κ3) is 7.63. The van der Waals surface area contributed by atoms with Crippen molar-refractivity contribution in [2.75, 3.05) is 12.9 Å². The fourth-order valence-corrected chi connectivity index (χ4v) is 5.39. The summed E-state index contributed by atoms with van der Waals surface area (Å²) in [7, 11) is 0. The Morgan fingerprint density at radius 2 is 1.68 bits per heavy atom. The van der Waals surface area contributed by atoms with Gasteiger partial charge in [-0.2, -0.15) is 0 Å². The van der Waals surface area contributed by atoms with Crippen LogP contribution in [0.15, 0.2) is 42.5 Å². The molecule has 5 atom stereocenters. The number of carboxylic acids is 1. The first-order valence-corrected chi connectivity index (χ1v) is 13.5. The maximum atomic E-state index is 12.0. The van der Waals surface area contributed by atoms with Gasteiger partial charge in [0.1, 0.15) is 17.3 Å². The number of aliphatic carboxylic acids is 1. The van der Waals surface area contributed by atoms with Crippen LogP contribution in [-0.4, -0.2) is 53.5 Å². The highest BCUT2D eigenvalue weighted by Gasteiger charge is 2.50. The molecule has 0 spiro atoms. The molecule has 37 heavy (non-hydrogen) atoms. The molecule has 10 heteroatoms. The van der Waals surface area contributed by atoms with Crippen molar-refractivity contribution >= 4 is 41.3 Å². The van der Waals surface area contributed by atoms with Crippen molar-refractivity contribution in [3.63, 3.8) is 0 Å². The Hall–Kier alpha value is -2.75. The Kier molecular flexibility index (Phi) is 10.3. The number of thioether (sulfide) groups is 1. The molecular weight excluding hydrogens is 520 g/mol. The first-order valence-electron chi connectivity index (χ1n) is 11.9. The minimum absolute atomic E-state index is 0.363. The van der Waals surface area contributed by atoms with E-state index in [0.29, 0.717) is 23.6 Å². The number of carbonyl (C=O) groups is 3. The summed E-state index contributed by atoms with van der Waals surface area (Å²) in [5.74, 6) is -2.32. The van der Waals surface area contributed by atoms with E-state index in [-0.39, 0.29) is 6.42 Å². The van der Waals surface area contributed by atoms with Crippen LogP contribution in [0.3, 0.4) is 0 Å². The van der Waals surface area contributed by atoms with Gasteiger partial charge in [0.2, 0.25) is 0 Å². The highest BCUT2D eigenvalue weighted by atomic mass is 35.5. The Bertz CT molecular complexity index is 1110. The average Bonchev–Trinajstić information content (AvgIpc) is 2.83. The van der Waals surface area contributed by atoms with Crippen molar-refractivity contribution < 1.29 is 38.4 Å². The molecule has 0 bridgehead atoms. The van der Waals surface area contributed by atoms with Crippen LogP contribution in [0.1, 0.15) is 50.0 Å². The summed E-state index contributed by atoms with van der Waals surface area (Å²) in [5, 5.41) is 10.2. The van der Waals surface area contributed by atoms with Crippen molar-refractivity contribution in [2.24, 2.45) is 5.92 Å². The molecule has 2 aromatic carbocycles. The lowest BCUT2D eigenvalue weighted by Gasteiger charge is -2.45. The average molecular weight is 551 g/mol. The molecule has 1 N–H and O–H groups in total. The molecule has 200 valence electrons. The van der Waals surface area contributed by atoms with E-state index in [1.54, 1.807) is 18.4 Å². The summed E-state index contributed by atoms with van der Waals surface area (Å²) < 4.78 is 22.9. The number of hydrogen-bond acceptors (Lipinski definition) is 8. The summed E-state index contributed by atoms with van der Waals surface area (Å²) in [6, 6.07) is 13.1. The highest BCUT2D eigenvalue weighted by molar-refractivity contribution is 7.99. The predicted octanol–water partition coefficient (Wildman–Crippen LogP) is 5.04. The number of carboxylic acid groups (broad SMARTS) is 1. The van der Waals surface area contributed by atoms with Crippen molar-refractivity contribution in [2.45, 2.75) is 57.4 Å². The van der Waals surface area contributed by atoms with Crippen LogP contribution in [-0.2, 0) is 35.0 Å². The molecule has 0 radical (unpaired) electrons. The Balaban J connectivity index is 1.99. The van der Waals surface area contributed by atoms with Gasteiger partial charge >= 0.3 is 17.9 Å². The number of carbonyl (C=O) groups excluding carboxylic acids is 2. The molecule has 1 aliphatic rings. The van der Waals surface area contributed by atoms with Gasteiger partial charge in [-0.3, -0.25) is 14.4 Å². The van der Waals surface area contributed by atoms with Crippen molar-refractivity contribution in [3.05, 3.63) is 64.2 Å². The summed E-state index contributed by atoms with van der Waals surface area (Å²) in [6.07, 6.45) is -0.782. The Morgan fingerprint density at radius 3 is 2.24 bits per heavy atom. The third-order valence-electron chi connectivity index (χ3n) is 5.96. The number of esters is 2. The predicted molar refractivity (Wildman–Crippen MR) is 140 cm³/mol. The summed E-state index contributed by atoms with van der Waals surface area (Å²) in [6.45, 7) is 4.98. The molecule has 0 aliphatic carbocycles. The lowest BCUT2D eigenvalue weighted by atomic mass is 9.82. The SMILES string of the molecule is CCOc1ccc(Cc2cc([C@H]3O[C@H](SC)[C@@H](OC(C)=O)[C@H](OC(C)=O)[C@H]3CC(=O)O)ccc2Cl)cc1. The van der Waals surface area contributed by atoms with Gasteiger partial charge in [-0.05, 0) is 54.5 Å². The number of halogens is 1. The van der Waals surface area contributed by atoms with Crippen LogP contribution in [0.2, 0.25) is 5.02 Å². The lowest BCUT2D eigenvalue weighted by molar-refractivity contribution is -0.212. The normalized spacial score (nSPS) is 23.2. The molecular formula is C27H31ClO8S. The molecule has 2 aromatic rings. The largest absolute Gasteiger partial charge is 0.494 e. The van der Waals surface area contributed by atoms with E-state index in [1.165, 1.54) is 25.6 Å². The molecule has 0 saturated carbocycles. The van der Waals surface area contributed by atoms with Crippen LogP contribution < -0.4 is 4.74 Å². The standard InChI is InChI=1S/C27H31ClO8S/c1-5-33-20-9-6-17(7-10-20)12-19-13-18(8-11-22(19)28)24-21(14-23(31)32)25(34-15(2)29)26(35-16(3)30)27(36-24)37-4/h6-11,13,21,24-27H,5,12,14H2,1-4H3,(H,31,32)/t21-,24+,25+,26-,27+/m0/s1. The van der Waals surface area contributed by atoms with Gasteiger partial charge in [0.05, 0.1) is 19.1 Å². The second-order valence-electron chi connectivity index (χ2n) is 8.68. The minimum Gasteiger partial charge on any atom is -0.494 e. The van der Waals surface area contributed by atoms with Crippen LogP contribution in [0.4, 0.5) is 0 Å².